The van der Waals surface area contributed by atoms with Gasteiger partial charge in [-0.2, -0.15) is 0 Å². The van der Waals surface area contributed by atoms with Gasteiger partial charge in [0.2, 0.25) is 0 Å². The minimum Gasteiger partial charge on any atom is -0.458 e. The number of nitrogens with zero attached hydrogens (tertiary/aromatic N) is 1. The number of esters is 1. The Labute approximate surface area is 194 Å². The second-order valence-electron chi connectivity index (χ2n) is 10.8. The Bertz CT molecular complexity index is 813. The number of hydrogen-bond acceptors (Lipinski definition) is 4. The van der Waals surface area contributed by atoms with Crippen molar-refractivity contribution in [3.05, 3.63) is 47.5 Å². The van der Waals surface area contributed by atoms with Crippen LogP contribution >= 0.6 is 0 Å². The van der Waals surface area contributed by atoms with Gasteiger partial charge < -0.3 is 14.7 Å². The minimum absolute atomic E-state index is 0.148. The highest BCUT2D eigenvalue weighted by Gasteiger charge is 2.52. The molecule has 0 bridgehead atoms. The zero-order chi connectivity index (χ0) is 22.9. The SMILES string of the molecule is CC(=O)O[C@@H]1C[C@@]2(O)[C@H](C)CC[C@@H]([C@H](C)CN3CCC(c4ccccc4)CC3)[C@H]2C=C1C. The first-order valence-electron chi connectivity index (χ1n) is 12.6. The van der Waals surface area contributed by atoms with Crippen molar-refractivity contribution in [1.82, 2.24) is 4.90 Å². The molecule has 4 rings (SSSR count). The molecule has 1 aromatic carbocycles. The van der Waals surface area contributed by atoms with Crippen molar-refractivity contribution in [2.45, 2.75) is 77.4 Å². The summed E-state index contributed by atoms with van der Waals surface area (Å²) in [6, 6.07) is 10.9. The predicted octanol–water partition coefficient (Wildman–Crippen LogP) is 5.18. The van der Waals surface area contributed by atoms with Crippen LogP contribution in [0.5, 0.6) is 0 Å². The topological polar surface area (TPSA) is 49.8 Å². The van der Waals surface area contributed by atoms with Crippen molar-refractivity contribution in [2.75, 3.05) is 19.6 Å². The highest BCUT2D eigenvalue weighted by molar-refractivity contribution is 5.66. The van der Waals surface area contributed by atoms with E-state index in [0.717, 1.165) is 38.0 Å². The molecule has 1 aliphatic heterocycles. The molecule has 1 saturated heterocycles. The van der Waals surface area contributed by atoms with Crippen molar-refractivity contribution in [1.29, 1.82) is 0 Å². The van der Waals surface area contributed by atoms with Crippen LogP contribution in [0.4, 0.5) is 0 Å². The van der Waals surface area contributed by atoms with Gasteiger partial charge in [0.1, 0.15) is 6.10 Å². The summed E-state index contributed by atoms with van der Waals surface area (Å²) in [5.41, 5.74) is 1.80. The number of carbonyl (C=O) groups excluding carboxylic acids is 1. The number of piperidine rings is 1. The molecule has 1 saturated carbocycles. The number of fused-ring (bicyclic) bond motifs is 1. The fraction of sp³-hybridized carbons (Fsp3) is 0.679. The molecular weight excluding hydrogens is 398 g/mol. The number of hydrogen-bond donors (Lipinski definition) is 1. The Morgan fingerprint density at radius 2 is 1.88 bits per heavy atom. The first-order chi connectivity index (χ1) is 15.3. The molecule has 0 unspecified atom stereocenters. The Hall–Kier alpha value is -1.65. The summed E-state index contributed by atoms with van der Waals surface area (Å²) < 4.78 is 5.55. The second kappa shape index (κ2) is 9.69. The largest absolute Gasteiger partial charge is 0.458 e. The van der Waals surface area contributed by atoms with E-state index in [2.05, 4.69) is 62.1 Å². The number of aliphatic hydroxyl groups is 1. The van der Waals surface area contributed by atoms with Crippen LogP contribution in [0.1, 0.15) is 71.3 Å². The Morgan fingerprint density at radius 3 is 2.53 bits per heavy atom. The first-order valence-corrected chi connectivity index (χ1v) is 12.6. The summed E-state index contributed by atoms with van der Waals surface area (Å²) >= 11 is 0. The molecule has 2 aliphatic carbocycles. The van der Waals surface area contributed by atoms with Crippen molar-refractivity contribution in [2.24, 2.45) is 23.7 Å². The van der Waals surface area contributed by atoms with Gasteiger partial charge in [-0.15, -0.1) is 0 Å². The van der Waals surface area contributed by atoms with Crippen LogP contribution in [0.3, 0.4) is 0 Å². The third kappa shape index (κ3) is 4.82. The van der Waals surface area contributed by atoms with Gasteiger partial charge in [0.05, 0.1) is 5.60 Å². The van der Waals surface area contributed by atoms with Gasteiger partial charge in [-0.05, 0) is 80.5 Å². The van der Waals surface area contributed by atoms with Gasteiger partial charge in [0.15, 0.2) is 0 Å². The Kier molecular flexibility index (Phi) is 7.11. The van der Waals surface area contributed by atoms with Crippen molar-refractivity contribution < 1.29 is 14.6 Å². The summed E-state index contributed by atoms with van der Waals surface area (Å²) in [7, 11) is 0. The van der Waals surface area contributed by atoms with Gasteiger partial charge >= 0.3 is 5.97 Å². The predicted molar refractivity (Wildman–Crippen MR) is 128 cm³/mol. The van der Waals surface area contributed by atoms with Crippen LogP contribution < -0.4 is 0 Å². The van der Waals surface area contributed by atoms with E-state index in [1.54, 1.807) is 0 Å². The van der Waals surface area contributed by atoms with E-state index < -0.39 is 5.60 Å². The molecule has 3 aliphatic rings. The van der Waals surface area contributed by atoms with Crippen LogP contribution in [0.15, 0.2) is 42.0 Å². The normalized spacial score (nSPS) is 35.0. The van der Waals surface area contributed by atoms with Gasteiger partial charge in [-0.1, -0.05) is 50.3 Å². The molecule has 176 valence electrons. The van der Waals surface area contributed by atoms with Crippen molar-refractivity contribution in [3.8, 4) is 0 Å². The van der Waals surface area contributed by atoms with E-state index in [0.29, 0.717) is 24.2 Å². The van der Waals surface area contributed by atoms with E-state index in [1.807, 2.05) is 0 Å². The lowest BCUT2D eigenvalue weighted by molar-refractivity contribution is -0.159. The van der Waals surface area contributed by atoms with Gasteiger partial charge in [0, 0.05) is 25.8 Å². The van der Waals surface area contributed by atoms with E-state index in [9.17, 15) is 9.90 Å². The van der Waals surface area contributed by atoms with Gasteiger partial charge in [-0.25, -0.2) is 0 Å². The molecule has 0 amide bonds. The van der Waals surface area contributed by atoms with Gasteiger partial charge in [-0.3, -0.25) is 4.79 Å². The quantitative estimate of drug-likeness (QED) is 0.507. The monoisotopic (exact) mass is 439 g/mol. The third-order valence-electron chi connectivity index (χ3n) is 8.73. The highest BCUT2D eigenvalue weighted by Crippen LogP contribution is 2.51. The highest BCUT2D eigenvalue weighted by atomic mass is 16.5. The smallest absolute Gasteiger partial charge is 0.303 e. The molecule has 1 aromatic rings. The lowest BCUT2D eigenvalue weighted by Gasteiger charge is -2.53. The fourth-order valence-corrected chi connectivity index (χ4v) is 6.72. The number of benzene rings is 1. The standard InChI is InChI=1S/C28H41NO3/c1-19-16-26-25(11-10-21(3)28(26,31)17-27(19)32-22(4)30)20(2)18-29-14-12-24(13-15-29)23-8-6-5-7-9-23/h5-9,16,20-21,24-27,31H,10-15,17-18H2,1-4H3/t20-,21-,25+,26-,27-,28-/m1/s1. The van der Waals surface area contributed by atoms with E-state index >= 15 is 0 Å². The molecule has 1 N–H and O–H groups in total. The van der Waals surface area contributed by atoms with Crippen LogP contribution in [-0.4, -0.2) is 47.3 Å². The summed E-state index contributed by atoms with van der Waals surface area (Å²) in [4.78, 5) is 14.2. The van der Waals surface area contributed by atoms with Crippen LogP contribution in [0.25, 0.3) is 0 Å². The third-order valence-corrected chi connectivity index (χ3v) is 8.73. The van der Waals surface area contributed by atoms with Crippen molar-refractivity contribution in [3.63, 3.8) is 0 Å². The average molecular weight is 440 g/mol. The molecule has 1 heterocycles. The molecule has 6 atom stereocenters. The molecule has 0 aromatic heterocycles. The Balaban J connectivity index is 1.41. The molecular formula is C28H41NO3. The zero-order valence-electron chi connectivity index (χ0n) is 20.3. The van der Waals surface area contributed by atoms with E-state index in [-0.39, 0.29) is 23.9 Å². The maximum Gasteiger partial charge on any atom is 0.303 e. The van der Waals surface area contributed by atoms with Crippen molar-refractivity contribution >= 4 is 5.97 Å². The molecule has 2 fully saturated rings. The second-order valence-corrected chi connectivity index (χ2v) is 10.8. The number of carbonyl (C=O) groups is 1. The number of likely N-dealkylation sites (tertiary alicyclic amines) is 1. The summed E-state index contributed by atoms with van der Waals surface area (Å²) in [6.45, 7) is 11.5. The van der Waals surface area contributed by atoms with Crippen LogP contribution in [-0.2, 0) is 9.53 Å². The fourth-order valence-electron chi connectivity index (χ4n) is 6.72. The summed E-state index contributed by atoms with van der Waals surface area (Å²) in [6.07, 6.45) is 7.16. The van der Waals surface area contributed by atoms with E-state index in [1.165, 1.54) is 25.3 Å². The van der Waals surface area contributed by atoms with Crippen LogP contribution in [0, 0.1) is 23.7 Å². The summed E-state index contributed by atoms with van der Waals surface area (Å²) in [5.74, 6) is 1.79. The Morgan fingerprint density at radius 1 is 1.19 bits per heavy atom. The molecule has 32 heavy (non-hydrogen) atoms. The lowest BCUT2D eigenvalue weighted by atomic mass is 9.57. The lowest BCUT2D eigenvalue weighted by Crippen LogP contribution is -2.56. The maximum absolute atomic E-state index is 11.8. The average Bonchev–Trinajstić information content (AvgIpc) is 2.77. The van der Waals surface area contributed by atoms with Crippen LogP contribution in [0.2, 0.25) is 0 Å². The van der Waals surface area contributed by atoms with E-state index in [4.69, 9.17) is 4.74 Å². The first kappa shape index (κ1) is 23.5. The molecule has 0 spiro atoms. The minimum atomic E-state index is -0.781. The zero-order valence-corrected chi connectivity index (χ0v) is 20.3. The maximum atomic E-state index is 11.8. The van der Waals surface area contributed by atoms with Gasteiger partial charge in [0.25, 0.3) is 0 Å². The molecule has 0 radical (unpaired) electrons. The number of ether oxygens (including phenoxy) is 1. The molecule has 4 heteroatoms. The summed E-state index contributed by atoms with van der Waals surface area (Å²) in [5, 5.41) is 11.8. The molecule has 4 nitrogen and oxygen atoms in total. The number of rotatable bonds is 5.